The molecule has 6 nitrogen and oxygen atoms in total. The third-order valence-electron chi connectivity index (χ3n) is 3.56. The molecular weight excluding hydrogens is 441 g/mol. The summed E-state index contributed by atoms with van der Waals surface area (Å²) in [6.45, 7) is 0.304. The van der Waals surface area contributed by atoms with Gasteiger partial charge < -0.3 is 0 Å². The van der Waals surface area contributed by atoms with E-state index in [1.165, 1.54) is 12.1 Å². The second-order valence-electron chi connectivity index (χ2n) is 5.23. The Morgan fingerprint density at radius 2 is 1.79 bits per heavy atom. The fourth-order valence-corrected chi connectivity index (χ4v) is 3.62. The molecule has 8 heteroatoms. The molecule has 0 radical (unpaired) electrons. The Bertz CT molecular complexity index is 867. The maximum absolute atomic E-state index is 12.2. The van der Waals surface area contributed by atoms with Crippen LogP contribution in [0.4, 0.5) is 4.79 Å². The van der Waals surface area contributed by atoms with E-state index in [-0.39, 0.29) is 10.8 Å². The number of halogens is 1. The van der Waals surface area contributed by atoms with Gasteiger partial charge in [0.15, 0.2) is 0 Å². The van der Waals surface area contributed by atoms with Crippen LogP contribution in [0.5, 0.6) is 0 Å². The Morgan fingerprint density at radius 3 is 2.46 bits per heavy atom. The Kier molecular flexibility index (Phi) is 4.86. The molecule has 1 aliphatic heterocycles. The highest BCUT2D eigenvalue weighted by Crippen LogP contribution is 2.20. The van der Waals surface area contributed by atoms with Gasteiger partial charge in [0.2, 0.25) is 0 Å². The predicted molar refractivity (Wildman–Crippen MR) is 99.3 cm³/mol. The lowest BCUT2D eigenvalue weighted by molar-refractivity contribution is 0.210. The number of hydrogen-bond donors (Lipinski definition) is 1. The van der Waals surface area contributed by atoms with Gasteiger partial charge in [-0.25, -0.2) is 22.9 Å². The van der Waals surface area contributed by atoms with Gasteiger partial charge in [-0.15, -0.1) is 0 Å². The molecule has 1 unspecified atom stereocenters. The second kappa shape index (κ2) is 6.89. The van der Waals surface area contributed by atoms with Gasteiger partial charge in [-0.3, -0.25) is 0 Å². The molecule has 3 rings (SSSR count). The largest absolute Gasteiger partial charge is 0.351 e. The molecule has 2 amide bonds. The molecule has 0 saturated heterocycles. The van der Waals surface area contributed by atoms with E-state index < -0.39 is 16.1 Å². The van der Waals surface area contributed by atoms with Crippen LogP contribution in [0.1, 0.15) is 11.5 Å². The van der Waals surface area contributed by atoms with Crippen molar-refractivity contribution < 1.29 is 13.2 Å². The highest BCUT2D eigenvalue weighted by molar-refractivity contribution is 14.1. The number of sulfonamides is 1. The summed E-state index contributed by atoms with van der Waals surface area (Å²) < 4.78 is 27.5. The first-order chi connectivity index (χ1) is 11.5. The minimum absolute atomic E-state index is 0.0408. The summed E-state index contributed by atoms with van der Waals surface area (Å²) in [5.41, 5.74) is 1.03. The molecule has 0 saturated carbocycles. The van der Waals surface area contributed by atoms with Gasteiger partial charge in [0, 0.05) is 15.7 Å². The van der Waals surface area contributed by atoms with Crippen molar-refractivity contribution in [3.63, 3.8) is 0 Å². The molecular formula is C16H14IN3O3S. The van der Waals surface area contributed by atoms with E-state index >= 15 is 0 Å². The van der Waals surface area contributed by atoms with Crippen LogP contribution in [-0.4, -0.2) is 32.2 Å². The van der Waals surface area contributed by atoms with Gasteiger partial charge in [0.25, 0.3) is 10.0 Å². The van der Waals surface area contributed by atoms with Gasteiger partial charge in [0.1, 0.15) is 0 Å². The monoisotopic (exact) mass is 455 g/mol. The first-order valence-electron chi connectivity index (χ1n) is 7.15. The van der Waals surface area contributed by atoms with Crippen molar-refractivity contribution in [2.75, 3.05) is 6.54 Å². The third-order valence-corrected chi connectivity index (χ3v) is 5.62. The maximum atomic E-state index is 12.2. The van der Waals surface area contributed by atoms with Gasteiger partial charge in [-0.05, 0) is 52.4 Å². The minimum atomic E-state index is -3.91. The molecule has 124 valence electrons. The first kappa shape index (κ1) is 16.9. The van der Waals surface area contributed by atoms with Crippen molar-refractivity contribution in [3.05, 3.63) is 63.7 Å². The lowest BCUT2D eigenvalue weighted by Gasteiger charge is -2.15. The molecule has 0 aliphatic carbocycles. The van der Waals surface area contributed by atoms with Crippen LogP contribution in [0.15, 0.2) is 64.6 Å². The van der Waals surface area contributed by atoms with E-state index in [4.69, 9.17) is 0 Å². The zero-order chi connectivity index (χ0) is 17.2. The lowest BCUT2D eigenvalue weighted by Crippen LogP contribution is -2.39. The van der Waals surface area contributed by atoms with E-state index in [2.05, 4.69) is 27.7 Å². The van der Waals surface area contributed by atoms with Crippen LogP contribution >= 0.6 is 22.6 Å². The Morgan fingerprint density at radius 1 is 1.12 bits per heavy atom. The number of hydrazone groups is 1. The van der Waals surface area contributed by atoms with Crippen LogP contribution in [0, 0.1) is 3.57 Å². The lowest BCUT2D eigenvalue weighted by atomic mass is 10.0. The average Bonchev–Trinajstić information content (AvgIpc) is 3.06. The first-order valence-corrected chi connectivity index (χ1v) is 9.71. The molecule has 2 aromatic carbocycles. The molecule has 1 heterocycles. The number of hydrogen-bond acceptors (Lipinski definition) is 4. The van der Waals surface area contributed by atoms with Crippen LogP contribution < -0.4 is 4.72 Å². The number of rotatable bonds is 3. The predicted octanol–water partition coefficient (Wildman–Crippen LogP) is 2.77. The van der Waals surface area contributed by atoms with Crippen LogP contribution in [-0.2, 0) is 10.0 Å². The number of nitrogens with one attached hydrogen (secondary N) is 1. The fraction of sp³-hybridized carbons (Fsp3) is 0.125. The Hall–Kier alpha value is -1.94. The molecule has 0 fully saturated rings. The third kappa shape index (κ3) is 3.75. The van der Waals surface area contributed by atoms with Crippen molar-refractivity contribution >= 4 is 44.9 Å². The summed E-state index contributed by atoms with van der Waals surface area (Å²) >= 11 is 2.08. The summed E-state index contributed by atoms with van der Waals surface area (Å²) in [7, 11) is -3.91. The summed E-state index contributed by atoms with van der Waals surface area (Å²) in [6, 6.07) is 15.1. The topological polar surface area (TPSA) is 78.8 Å². The van der Waals surface area contributed by atoms with Crippen molar-refractivity contribution in [2.24, 2.45) is 5.10 Å². The molecule has 0 aromatic heterocycles. The number of nitrogens with zero attached hydrogens (tertiary/aromatic N) is 2. The van der Waals surface area contributed by atoms with E-state index in [9.17, 15) is 13.2 Å². The van der Waals surface area contributed by atoms with E-state index in [1.54, 1.807) is 18.3 Å². The maximum Gasteiger partial charge on any atom is 0.351 e. The smallest absolute Gasteiger partial charge is 0.246 e. The SMILES string of the molecule is O=C(NS(=O)(=O)c1ccc(I)cc1)N1CC(c2ccccc2)C=N1. The van der Waals surface area contributed by atoms with Crippen molar-refractivity contribution in [1.29, 1.82) is 0 Å². The van der Waals surface area contributed by atoms with E-state index in [0.29, 0.717) is 6.54 Å². The van der Waals surface area contributed by atoms with Crippen LogP contribution in [0.25, 0.3) is 0 Å². The summed E-state index contributed by atoms with van der Waals surface area (Å²) in [6.07, 6.45) is 1.65. The highest BCUT2D eigenvalue weighted by atomic mass is 127. The molecule has 1 N–H and O–H groups in total. The number of benzene rings is 2. The molecule has 2 aromatic rings. The Labute approximate surface area is 153 Å². The molecule has 0 bridgehead atoms. The Balaban J connectivity index is 1.68. The number of urea groups is 1. The quantitative estimate of drug-likeness (QED) is 0.724. The summed E-state index contributed by atoms with van der Waals surface area (Å²) in [5.74, 6) is -0.0436. The standard InChI is InChI=1S/C16H14IN3O3S/c17-14-6-8-15(9-7-14)24(22,23)19-16(21)20-11-13(10-18-20)12-4-2-1-3-5-12/h1-10,13H,11H2,(H,19,21). The van der Waals surface area contributed by atoms with E-state index in [1.807, 2.05) is 35.1 Å². The highest BCUT2D eigenvalue weighted by Gasteiger charge is 2.27. The van der Waals surface area contributed by atoms with Gasteiger partial charge >= 0.3 is 6.03 Å². The van der Waals surface area contributed by atoms with Crippen LogP contribution in [0.3, 0.4) is 0 Å². The molecule has 1 atom stereocenters. The summed E-state index contributed by atoms with van der Waals surface area (Å²) in [5, 5.41) is 5.14. The minimum Gasteiger partial charge on any atom is -0.246 e. The fourth-order valence-electron chi connectivity index (χ4n) is 2.31. The van der Waals surface area contributed by atoms with Gasteiger partial charge in [0.05, 0.1) is 11.4 Å². The molecule has 24 heavy (non-hydrogen) atoms. The van der Waals surface area contributed by atoms with Crippen molar-refractivity contribution in [3.8, 4) is 0 Å². The number of amides is 2. The number of carbonyl (C=O) groups excluding carboxylic acids is 1. The normalized spacial score (nSPS) is 17.0. The number of carbonyl (C=O) groups is 1. The van der Waals surface area contributed by atoms with Gasteiger partial charge in [-0.2, -0.15) is 5.10 Å². The zero-order valence-electron chi connectivity index (χ0n) is 12.5. The molecule has 1 aliphatic rings. The summed E-state index contributed by atoms with van der Waals surface area (Å²) in [4.78, 5) is 12.2. The second-order valence-corrected chi connectivity index (χ2v) is 8.16. The van der Waals surface area contributed by atoms with E-state index in [0.717, 1.165) is 14.1 Å². The van der Waals surface area contributed by atoms with Crippen molar-refractivity contribution in [2.45, 2.75) is 10.8 Å². The molecule has 0 spiro atoms. The van der Waals surface area contributed by atoms with Gasteiger partial charge in [-0.1, -0.05) is 30.3 Å². The average molecular weight is 455 g/mol. The van der Waals surface area contributed by atoms with Crippen molar-refractivity contribution in [1.82, 2.24) is 9.73 Å². The van der Waals surface area contributed by atoms with Crippen LogP contribution in [0.2, 0.25) is 0 Å². The zero-order valence-corrected chi connectivity index (χ0v) is 15.4.